The van der Waals surface area contributed by atoms with E-state index in [0.717, 1.165) is 52.1 Å². The third-order valence-electron chi connectivity index (χ3n) is 5.94. The summed E-state index contributed by atoms with van der Waals surface area (Å²) in [6.07, 6.45) is 11.2. The van der Waals surface area contributed by atoms with E-state index in [1.807, 2.05) is 72.3 Å². The summed E-state index contributed by atoms with van der Waals surface area (Å²) in [5.74, 6) is 0. The highest BCUT2D eigenvalue weighted by atomic mass is 31.1. The molecule has 0 amide bonds. The van der Waals surface area contributed by atoms with Gasteiger partial charge in [-0.1, -0.05) is 66.5 Å². The number of nitrogens with zero attached hydrogens (tertiary/aromatic N) is 2. The molecule has 39 heavy (non-hydrogen) atoms. The smallest absolute Gasteiger partial charge is 0.0562 e. The maximum Gasteiger partial charge on any atom is 0.0562 e. The van der Waals surface area contributed by atoms with Gasteiger partial charge in [-0.2, -0.15) is 0 Å². The van der Waals surface area contributed by atoms with Crippen molar-refractivity contribution in [1.29, 1.82) is 0 Å². The van der Waals surface area contributed by atoms with Crippen LogP contribution in [-0.2, 0) is 6.54 Å². The third kappa shape index (κ3) is 22.4. The number of aliphatic hydroxyl groups is 1. The summed E-state index contributed by atoms with van der Waals surface area (Å²) in [5, 5.41) is 14.3. The Hall–Kier alpha value is -2.07. The molecule has 0 saturated heterocycles. The van der Waals surface area contributed by atoms with Crippen LogP contribution >= 0.6 is 8.58 Å². The molecule has 1 fully saturated rings. The quantitative estimate of drug-likeness (QED) is 0.135. The molecule has 4 atom stereocenters. The van der Waals surface area contributed by atoms with Crippen LogP contribution < -0.4 is 11.1 Å². The highest BCUT2D eigenvalue weighted by Gasteiger charge is 2.39. The van der Waals surface area contributed by atoms with Gasteiger partial charge in [0, 0.05) is 43.4 Å². The number of aromatic nitrogens is 1. The summed E-state index contributed by atoms with van der Waals surface area (Å²) in [7, 11) is 2.67. The topological polar surface area (TPSA) is 83.5 Å². The first-order valence-corrected chi connectivity index (χ1v) is 15.5. The van der Waals surface area contributed by atoms with Crippen molar-refractivity contribution in [3.05, 3.63) is 78.1 Å². The number of hydrogen-bond acceptors (Lipinski definition) is 5. The number of allylic oxidation sites excluding steroid dienone is 5. The summed E-state index contributed by atoms with van der Waals surface area (Å²) in [6, 6.07) is 3.99. The van der Waals surface area contributed by atoms with Crippen LogP contribution in [0, 0.1) is 5.41 Å². The molecule has 1 heterocycles. The van der Waals surface area contributed by atoms with E-state index in [0.29, 0.717) is 0 Å². The van der Waals surface area contributed by atoms with E-state index in [1.54, 1.807) is 6.20 Å². The first-order chi connectivity index (χ1) is 18.3. The predicted molar refractivity (Wildman–Crippen MR) is 180 cm³/mol. The van der Waals surface area contributed by atoms with E-state index in [4.69, 9.17) is 5.73 Å². The van der Waals surface area contributed by atoms with E-state index < -0.39 is 0 Å². The molecule has 1 saturated carbocycles. The van der Waals surface area contributed by atoms with Crippen LogP contribution in [-0.4, -0.2) is 41.7 Å². The molecule has 1 aromatic rings. The van der Waals surface area contributed by atoms with Gasteiger partial charge in [0.25, 0.3) is 0 Å². The fraction of sp³-hybridized carbons (Fsp3) is 0.576. The molecule has 224 valence electrons. The number of aliphatic imine (C=N–C) groups is 1. The van der Waals surface area contributed by atoms with E-state index in [9.17, 15) is 5.11 Å². The number of pyridine rings is 1. The molecule has 2 rings (SSSR count). The van der Waals surface area contributed by atoms with Crippen molar-refractivity contribution >= 4 is 14.8 Å². The molecule has 0 aliphatic heterocycles. The molecule has 1 aliphatic rings. The molecule has 1 aliphatic carbocycles. The number of rotatable bonds is 7. The molecular formula is C33H61N4OP. The second-order valence-electron chi connectivity index (χ2n) is 10.5. The molecule has 0 radical (unpaired) electrons. The largest absolute Gasteiger partial charge is 0.393 e. The predicted octanol–water partition coefficient (Wildman–Crippen LogP) is 8.43. The molecule has 5 nitrogen and oxygen atoms in total. The van der Waals surface area contributed by atoms with Crippen molar-refractivity contribution in [2.45, 2.75) is 106 Å². The van der Waals surface area contributed by atoms with Crippen LogP contribution in [0.2, 0.25) is 0 Å². The van der Waals surface area contributed by atoms with Crippen LogP contribution in [0.25, 0.3) is 0 Å². The lowest BCUT2D eigenvalue weighted by atomic mass is 9.66. The van der Waals surface area contributed by atoms with Crippen LogP contribution in [0.5, 0.6) is 0 Å². The van der Waals surface area contributed by atoms with Gasteiger partial charge in [-0.3, -0.25) is 9.98 Å². The Labute approximate surface area is 244 Å². The second-order valence-corrected chi connectivity index (χ2v) is 11.5. The van der Waals surface area contributed by atoms with Crippen LogP contribution in [0.4, 0.5) is 0 Å². The van der Waals surface area contributed by atoms with Gasteiger partial charge < -0.3 is 16.2 Å². The lowest BCUT2D eigenvalue weighted by molar-refractivity contribution is 0.0162. The Balaban J connectivity index is -0.000000477. The summed E-state index contributed by atoms with van der Waals surface area (Å²) >= 11 is 0. The minimum atomic E-state index is -0.196. The van der Waals surface area contributed by atoms with Gasteiger partial charge in [0.1, 0.15) is 0 Å². The fourth-order valence-electron chi connectivity index (χ4n) is 4.31. The molecular weight excluding hydrogens is 499 g/mol. The molecule has 1 aromatic heterocycles. The monoisotopic (exact) mass is 560 g/mol. The zero-order valence-corrected chi connectivity index (χ0v) is 28.1. The molecule has 4 N–H and O–H groups in total. The highest BCUT2D eigenvalue weighted by Crippen LogP contribution is 2.42. The zero-order valence-electron chi connectivity index (χ0n) is 27.1. The van der Waals surface area contributed by atoms with Gasteiger partial charge in [-0.25, -0.2) is 0 Å². The van der Waals surface area contributed by atoms with Crippen LogP contribution in [0.3, 0.4) is 0 Å². The molecule has 0 bridgehead atoms. The third-order valence-corrected chi connectivity index (χ3v) is 7.11. The number of nitrogens with two attached hydrogens (primary N) is 1. The van der Waals surface area contributed by atoms with E-state index >= 15 is 0 Å². The minimum Gasteiger partial charge on any atom is -0.393 e. The van der Waals surface area contributed by atoms with Gasteiger partial charge in [0.15, 0.2) is 0 Å². The Bertz CT molecular complexity index is 858. The van der Waals surface area contributed by atoms with Crippen molar-refractivity contribution in [3.8, 4) is 0 Å². The van der Waals surface area contributed by atoms with Gasteiger partial charge in [-0.15, -0.1) is 13.2 Å². The number of aliphatic hydroxyl groups excluding tert-OH is 1. The lowest BCUT2D eigenvalue weighted by Gasteiger charge is -2.44. The highest BCUT2D eigenvalue weighted by molar-refractivity contribution is 7.43. The Morgan fingerprint density at radius 3 is 2.18 bits per heavy atom. The van der Waals surface area contributed by atoms with Gasteiger partial charge >= 0.3 is 0 Å². The molecule has 6 heteroatoms. The number of nitrogens with one attached hydrogen (secondary N) is 1. The second kappa shape index (κ2) is 23.8. The van der Waals surface area contributed by atoms with Crippen LogP contribution in [0.15, 0.2) is 77.5 Å². The average molecular weight is 561 g/mol. The minimum absolute atomic E-state index is 0.164. The maximum absolute atomic E-state index is 9.63. The van der Waals surface area contributed by atoms with Gasteiger partial charge in [-0.05, 0) is 89.0 Å². The Kier molecular flexibility index (Phi) is 25.3. The summed E-state index contributed by atoms with van der Waals surface area (Å²) in [6.45, 7) is 31.5. The van der Waals surface area contributed by atoms with Crippen molar-refractivity contribution in [3.63, 3.8) is 0 Å². The van der Waals surface area contributed by atoms with Crippen molar-refractivity contribution in [2.24, 2.45) is 16.1 Å². The normalized spacial score (nSPS) is 22.1. The molecule has 0 aromatic carbocycles. The van der Waals surface area contributed by atoms with Crippen molar-refractivity contribution in [2.75, 3.05) is 13.7 Å². The first-order valence-electron chi connectivity index (χ1n) is 14.0. The summed E-state index contributed by atoms with van der Waals surface area (Å²) < 4.78 is 0. The fourth-order valence-corrected chi connectivity index (χ4v) is 5.06. The zero-order chi connectivity index (χ0) is 31.1. The Morgan fingerprint density at radius 1 is 1.23 bits per heavy atom. The van der Waals surface area contributed by atoms with Gasteiger partial charge in [0.2, 0.25) is 0 Å². The molecule has 4 unspecified atom stereocenters. The maximum atomic E-state index is 9.63. The van der Waals surface area contributed by atoms with E-state index in [-0.39, 0.29) is 17.1 Å². The van der Waals surface area contributed by atoms with Crippen molar-refractivity contribution < 1.29 is 5.11 Å². The van der Waals surface area contributed by atoms with Crippen molar-refractivity contribution in [1.82, 2.24) is 10.3 Å². The standard InChI is InChI=1S/C12H16N2.C10H21NO.C7H14NP.C2H6.C2H4/c1-10(2)7-11(3)14-9-12-5-4-6-13-8-12;1-4-9(2)5-8(12)6-10(3,11)7-9;1-6(2)7(9-4)5-8-3;2*1-2/h4-8,14H,1,9H2,2-3H3;8,12H,4-7,11H2,1-3H3;5,9H,1-4H3;1-2H3;1-2H2/b11-7+;;;;. The Morgan fingerprint density at radius 2 is 1.82 bits per heavy atom. The number of hydrogen-bond donors (Lipinski definition) is 3. The summed E-state index contributed by atoms with van der Waals surface area (Å²) in [4.78, 5) is 8.00. The van der Waals surface area contributed by atoms with Crippen LogP contribution in [0.1, 0.15) is 93.6 Å². The van der Waals surface area contributed by atoms with E-state index in [1.165, 1.54) is 16.5 Å². The lowest BCUT2D eigenvalue weighted by Crippen LogP contribution is -2.49. The van der Waals surface area contributed by atoms with Gasteiger partial charge in [0.05, 0.1) is 6.10 Å². The molecule has 0 spiro atoms. The average Bonchev–Trinajstić information content (AvgIpc) is 2.88. The van der Waals surface area contributed by atoms with E-state index in [2.05, 4.69) is 69.4 Å². The first kappa shape index (κ1) is 41.4. The summed E-state index contributed by atoms with van der Waals surface area (Å²) in [5.41, 5.74) is 10.9. The SMILES string of the molecule is C=C.C=C(C)/C=C(\C)NCc1cccnc1.CC.CCC1(C)CC(O)CC(C)(N)C1.CN=CC(PC)=C(C)C.